The van der Waals surface area contributed by atoms with E-state index in [0.717, 1.165) is 12.1 Å². The number of nitrogens with zero attached hydrogens (tertiary/aromatic N) is 1. The van der Waals surface area contributed by atoms with Gasteiger partial charge in [-0.3, -0.25) is 4.79 Å². The highest BCUT2D eigenvalue weighted by Gasteiger charge is 2.25. The highest BCUT2D eigenvalue weighted by Crippen LogP contribution is 2.20. The van der Waals surface area contributed by atoms with Crippen molar-refractivity contribution in [2.45, 2.75) is 32.5 Å². The van der Waals surface area contributed by atoms with Gasteiger partial charge in [0.25, 0.3) is 0 Å². The van der Waals surface area contributed by atoms with E-state index in [1.807, 2.05) is 6.92 Å². The van der Waals surface area contributed by atoms with Crippen LogP contribution in [0.5, 0.6) is 0 Å². The van der Waals surface area contributed by atoms with Gasteiger partial charge in [0.2, 0.25) is 6.29 Å². The summed E-state index contributed by atoms with van der Waals surface area (Å²) in [5.41, 5.74) is 0.890. The Hall–Kier alpha value is -1.10. The molecule has 86 valence electrons. The highest BCUT2D eigenvalue weighted by atomic mass is 16.8. The van der Waals surface area contributed by atoms with E-state index in [9.17, 15) is 4.79 Å². The number of methoxy groups -OCH3 is 2. The van der Waals surface area contributed by atoms with Crippen LogP contribution < -0.4 is 0 Å². The van der Waals surface area contributed by atoms with Gasteiger partial charge in [-0.1, -0.05) is 12.1 Å². The van der Waals surface area contributed by atoms with Crippen molar-refractivity contribution in [3.63, 3.8) is 0 Å². The number of ether oxygens (including phenoxy) is 2. The molecule has 0 aromatic heterocycles. The molecule has 15 heavy (non-hydrogen) atoms. The molecule has 0 spiro atoms. The minimum absolute atomic E-state index is 0.223. The van der Waals surface area contributed by atoms with Crippen molar-refractivity contribution in [2.75, 3.05) is 14.2 Å². The van der Waals surface area contributed by atoms with Crippen molar-refractivity contribution < 1.29 is 19.1 Å². The van der Waals surface area contributed by atoms with E-state index in [4.69, 9.17) is 9.57 Å². The number of hydrogen-bond donors (Lipinski definition) is 0. The smallest absolute Gasteiger partial charge is 0.305 e. The Labute approximate surface area is 89.4 Å². The molecule has 1 heterocycles. The number of carbonyl (C=O) groups excluding carboxylic acids is 1. The van der Waals surface area contributed by atoms with Gasteiger partial charge >= 0.3 is 5.97 Å². The first-order valence-electron chi connectivity index (χ1n) is 4.98. The summed E-state index contributed by atoms with van der Waals surface area (Å²) in [4.78, 5) is 16.0. The third-order valence-corrected chi connectivity index (χ3v) is 2.39. The molecule has 1 rings (SSSR count). The molecule has 1 aliphatic heterocycles. The second kappa shape index (κ2) is 5.70. The maximum absolute atomic E-state index is 10.9. The van der Waals surface area contributed by atoms with Crippen LogP contribution in [-0.4, -0.2) is 32.2 Å². The van der Waals surface area contributed by atoms with E-state index in [-0.39, 0.29) is 18.2 Å². The highest BCUT2D eigenvalue weighted by molar-refractivity contribution is 5.87. The van der Waals surface area contributed by atoms with Gasteiger partial charge in [0.15, 0.2) is 0 Å². The van der Waals surface area contributed by atoms with E-state index in [1.54, 1.807) is 7.11 Å². The zero-order chi connectivity index (χ0) is 11.3. The molecule has 0 N–H and O–H groups in total. The molecule has 0 bridgehead atoms. The van der Waals surface area contributed by atoms with Crippen molar-refractivity contribution >= 4 is 11.7 Å². The maximum atomic E-state index is 10.9. The molecular weight excluding hydrogens is 198 g/mol. The van der Waals surface area contributed by atoms with Crippen LogP contribution in [0.3, 0.4) is 0 Å². The Morgan fingerprint density at radius 1 is 1.60 bits per heavy atom. The van der Waals surface area contributed by atoms with Gasteiger partial charge in [0.05, 0.1) is 19.2 Å². The predicted octanol–water partition coefficient (Wildman–Crippen LogP) is 1.32. The molecule has 0 aromatic rings. The summed E-state index contributed by atoms with van der Waals surface area (Å²) in [5.74, 6) is 0.0411. The summed E-state index contributed by atoms with van der Waals surface area (Å²) >= 11 is 0. The molecule has 0 aliphatic carbocycles. The maximum Gasteiger partial charge on any atom is 0.305 e. The van der Waals surface area contributed by atoms with E-state index in [2.05, 4.69) is 9.89 Å². The molecule has 0 aromatic carbocycles. The first-order valence-corrected chi connectivity index (χ1v) is 4.98. The van der Waals surface area contributed by atoms with Gasteiger partial charge in [-0.2, -0.15) is 0 Å². The minimum atomic E-state index is -0.271. The van der Waals surface area contributed by atoms with Crippen molar-refractivity contribution in [2.24, 2.45) is 11.1 Å². The fraction of sp³-hybridized carbons (Fsp3) is 0.800. The second-order valence-electron chi connectivity index (χ2n) is 3.62. The normalized spacial score (nSPS) is 25.4. The largest absolute Gasteiger partial charge is 0.469 e. The number of esters is 1. The molecule has 0 unspecified atom stereocenters. The average Bonchev–Trinajstić information content (AvgIpc) is 2.26. The fourth-order valence-electron chi connectivity index (χ4n) is 1.51. The van der Waals surface area contributed by atoms with Crippen molar-refractivity contribution in [1.29, 1.82) is 0 Å². The number of carbonyl (C=O) groups is 1. The average molecular weight is 215 g/mol. The standard InChI is InChI=1S/C10H17NO4/c1-7-6-8(4-5-9(12)13-2)11-15-10(7)14-3/h7,10H,4-6H2,1-3H3/t7-,10+/m0/s1. The lowest BCUT2D eigenvalue weighted by Gasteiger charge is -2.25. The summed E-state index contributed by atoms with van der Waals surface area (Å²) < 4.78 is 9.63. The zero-order valence-corrected chi connectivity index (χ0v) is 9.36. The van der Waals surface area contributed by atoms with E-state index in [0.29, 0.717) is 12.8 Å². The van der Waals surface area contributed by atoms with Crippen LogP contribution in [0, 0.1) is 5.92 Å². The lowest BCUT2D eigenvalue weighted by atomic mass is 10.00. The van der Waals surface area contributed by atoms with Crippen LogP contribution in [-0.2, 0) is 19.1 Å². The third-order valence-electron chi connectivity index (χ3n) is 2.39. The third kappa shape index (κ3) is 3.51. The molecule has 0 radical (unpaired) electrons. The Morgan fingerprint density at radius 3 is 2.87 bits per heavy atom. The van der Waals surface area contributed by atoms with E-state index >= 15 is 0 Å². The number of rotatable bonds is 4. The Balaban J connectivity index is 2.38. The van der Waals surface area contributed by atoms with E-state index in [1.165, 1.54) is 7.11 Å². The van der Waals surface area contributed by atoms with Crippen LogP contribution in [0.1, 0.15) is 26.2 Å². The lowest BCUT2D eigenvalue weighted by molar-refractivity contribution is -0.158. The summed E-state index contributed by atoms with van der Waals surface area (Å²) in [6.45, 7) is 2.03. The monoisotopic (exact) mass is 215 g/mol. The van der Waals surface area contributed by atoms with Crippen LogP contribution in [0.25, 0.3) is 0 Å². The molecule has 5 heteroatoms. The second-order valence-corrected chi connectivity index (χ2v) is 3.62. The quantitative estimate of drug-likeness (QED) is 0.664. The molecule has 0 saturated carbocycles. The zero-order valence-electron chi connectivity index (χ0n) is 9.36. The van der Waals surface area contributed by atoms with Gasteiger partial charge in [0, 0.05) is 13.0 Å². The molecule has 5 nitrogen and oxygen atoms in total. The predicted molar refractivity (Wildman–Crippen MR) is 54.3 cm³/mol. The SMILES string of the molecule is COC(=O)CCC1=NO[C@@H](OC)[C@@H](C)C1. The van der Waals surface area contributed by atoms with Crippen LogP contribution in [0.2, 0.25) is 0 Å². The van der Waals surface area contributed by atoms with Gasteiger partial charge in [-0.25, -0.2) is 0 Å². The Bertz CT molecular complexity index is 252. The van der Waals surface area contributed by atoms with Crippen LogP contribution in [0.15, 0.2) is 5.16 Å². The van der Waals surface area contributed by atoms with Crippen LogP contribution in [0.4, 0.5) is 0 Å². The number of hydrogen-bond acceptors (Lipinski definition) is 5. The first kappa shape index (κ1) is 12.0. The van der Waals surface area contributed by atoms with Gasteiger partial charge < -0.3 is 14.3 Å². The molecule has 2 atom stereocenters. The summed E-state index contributed by atoms with van der Waals surface area (Å²) in [6, 6.07) is 0. The first-order chi connectivity index (χ1) is 7.17. The molecule has 1 aliphatic rings. The Morgan fingerprint density at radius 2 is 2.33 bits per heavy atom. The summed E-state index contributed by atoms with van der Waals surface area (Å²) in [6.07, 6.45) is 1.47. The topological polar surface area (TPSA) is 57.1 Å². The van der Waals surface area contributed by atoms with Gasteiger partial charge in [-0.05, 0) is 12.8 Å². The summed E-state index contributed by atoms with van der Waals surface area (Å²) in [7, 11) is 2.97. The van der Waals surface area contributed by atoms with Crippen molar-refractivity contribution in [3.05, 3.63) is 0 Å². The van der Waals surface area contributed by atoms with Crippen LogP contribution >= 0.6 is 0 Å². The lowest BCUT2D eigenvalue weighted by Crippen LogP contribution is -2.29. The molecule has 0 saturated heterocycles. The van der Waals surface area contributed by atoms with Gasteiger partial charge in [-0.15, -0.1) is 0 Å². The van der Waals surface area contributed by atoms with Crippen molar-refractivity contribution in [1.82, 2.24) is 0 Å². The summed E-state index contributed by atoms with van der Waals surface area (Å²) in [5, 5.41) is 3.92. The molecule has 0 fully saturated rings. The molecular formula is C10H17NO4. The molecule has 0 amide bonds. The van der Waals surface area contributed by atoms with Crippen molar-refractivity contribution in [3.8, 4) is 0 Å². The van der Waals surface area contributed by atoms with Gasteiger partial charge in [0.1, 0.15) is 0 Å². The minimum Gasteiger partial charge on any atom is -0.469 e. The Kier molecular flexibility index (Phi) is 4.55. The van der Waals surface area contributed by atoms with E-state index < -0.39 is 0 Å². The fourth-order valence-corrected chi connectivity index (χ4v) is 1.51. The number of oxime groups is 1.